The highest BCUT2D eigenvalue weighted by Gasteiger charge is 2.17. The number of hydrogen-bond donors (Lipinski definition) is 0. The molecule has 20 heavy (non-hydrogen) atoms. The van der Waals surface area contributed by atoms with Crippen molar-refractivity contribution in [2.45, 2.75) is 13.0 Å². The molecule has 0 aliphatic rings. The van der Waals surface area contributed by atoms with Crippen LogP contribution in [0.25, 0.3) is 11.3 Å². The summed E-state index contributed by atoms with van der Waals surface area (Å²) in [7, 11) is -3.56. The molecule has 1 heterocycles. The zero-order chi connectivity index (χ0) is 14.8. The van der Waals surface area contributed by atoms with Crippen LogP contribution in [0.1, 0.15) is 24.3 Å². The van der Waals surface area contributed by atoms with Crippen LogP contribution in [0.4, 0.5) is 0 Å². The Morgan fingerprint density at radius 2 is 2.15 bits per heavy atom. The quantitative estimate of drug-likeness (QED) is 0.802. The van der Waals surface area contributed by atoms with Crippen LogP contribution in [-0.2, 0) is 14.3 Å². The molecule has 0 aliphatic carbocycles. The second-order valence-electron chi connectivity index (χ2n) is 4.25. The third-order valence-corrected chi connectivity index (χ3v) is 3.18. The molecule has 7 heteroatoms. The predicted molar refractivity (Wildman–Crippen MR) is 71.0 cm³/mol. The van der Waals surface area contributed by atoms with Crippen LogP contribution in [0.3, 0.4) is 0 Å². The monoisotopic (exact) mass is 292 g/mol. The summed E-state index contributed by atoms with van der Waals surface area (Å²) in [6.07, 6.45) is 0.239. The van der Waals surface area contributed by atoms with Gasteiger partial charge in [-0.1, -0.05) is 17.3 Å². The van der Waals surface area contributed by atoms with E-state index in [2.05, 4.69) is 5.16 Å². The first kappa shape index (κ1) is 14.2. The smallest absolute Gasteiger partial charge is 0.265 e. The van der Waals surface area contributed by atoms with Gasteiger partial charge in [-0.3, -0.25) is 4.18 Å². The van der Waals surface area contributed by atoms with Crippen molar-refractivity contribution >= 4 is 10.1 Å². The van der Waals surface area contributed by atoms with Gasteiger partial charge < -0.3 is 4.52 Å². The molecule has 0 fully saturated rings. The van der Waals surface area contributed by atoms with Crippen LogP contribution in [0.15, 0.2) is 34.9 Å². The number of hydrogen-bond acceptors (Lipinski definition) is 6. The van der Waals surface area contributed by atoms with E-state index in [9.17, 15) is 8.42 Å². The van der Waals surface area contributed by atoms with E-state index in [1.165, 1.54) is 0 Å². The molecule has 0 radical (unpaired) electrons. The average Bonchev–Trinajstić information content (AvgIpc) is 2.86. The standard InChI is InChI=1S/C13H12N2O4S/c1-9(19-20(2,16)17)12-7-13(18-15-12)11-5-3-4-10(6-11)8-14/h3-7,9H,1-2H3. The lowest BCUT2D eigenvalue weighted by Crippen LogP contribution is -2.07. The topological polar surface area (TPSA) is 93.2 Å². The Morgan fingerprint density at radius 1 is 1.40 bits per heavy atom. The summed E-state index contributed by atoms with van der Waals surface area (Å²) < 4.78 is 32.1. The third kappa shape index (κ3) is 3.44. The van der Waals surface area contributed by atoms with Gasteiger partial charge in [0, 0.05) is 11.6 Å². The molecule has 0 saturated heterocycles. The van der Waals surface area contributed by atoms with E-state index in [0.717, 1.165) is 6.26 Å². The average molecular weight is 292 g/mol. The van der Waals surface area contributed by atoms with Crippen molar-refractivity contribution in [3.8, 4) is 17.4 Å². The van der Waals surface area contributed by atoms with Gasteiger partial charge in [0.2, 0.25) is 0 Å². The van der Waals surface area contributed by atoms with E-state index < -0.39 is 16.2 Å². The molecule has 1 aromatic carbocycles. The number of nitrogens with zero attached hydrogens (tertiary/aromatic N) is 2. The van der Waals surface area contributed by atoms with Gasteiger partial charge in [0.15, 0.2) is 5.76 Å². The van der Waals surface area contributed by atoms with Gasteiger partial charge in [-0.15, -0.1) is 0 Å². The molecule has 104 valence electrons. The lowest BCUT2D eigenvalue weighted by atomic mass is 10.1. The van der Waals surface area contributed by atoms with Gasteiger partial charge in [-0.2, -0.15) is 13.7 Å². The van der Waals surface area contributed by atoms with E-state index in [1.807, 2.05) is 6.07 Å². The second-order valence-corrected chi connectivity index (χ2v) is 5.85. The van der Waals surface area contributed by atoms with Crippen LogP contribution in [0.2, 0.25) is 0 Å². The zero-order valence-corrected chi connectivity index (χ0v) is 11.7. The van der Waals surface area contributed by atoms with Gasteiger partial charge in [0.25, 0.3) is 10.1 Å². The molecule has 2 aromatic rings. The molecule has 0 amide bonds. The predicted octanol–water partition coefficient (Wildman–Crippen LogP) is 2.25. The summed E-state index contributed by atoms with van der Waals surface area (Å²) in [4.78, 5) is 0. The molecule has 1 aromatic heterocycles. The minimum Gasteiger partial charge on any atom is -0.356 e. The second kappa shape index (κ2) is 5.45. The highest BCUT2D eigenvalue weighted by Crippen LogP contribution is 2.25. The van der Waals surface area contributed by atoms with Gasteiger partial charge >= 0.3 is 0 Å². The molecule has 0 aliphatic heterocycles. The molecule has 1 atom stereocenters. The summed E-state index contributed by atoms with van der Waals surface area (Å²) in [5.74, 6) is 0.445. The maximum atomic E-state index is 11.1. The zero-order valence-electron chi connectivity index (χ0n) is 10.9. The molecule has 0 N–H and O–H groups in total. The Balaban J connectivity index is 2.27. The minimum absolute atomic E-state index is 0.368. The molecule has 0 spiro atoms. The lowest BCUT2D eigenvalue weighted by molar-refractivity contribution is 0.224. The first-order valence-corrected chi connectivity index (χ1v) is 7.56. The molecule has 0 saturated carbocycles. The summed E-state index contributed by atoms with van der Waals surface area (Å²) in [5.41, 5.74) is 1.56. The molecule has 0 bridgehead atoms. The summed E-state index contributed by atoms with van der Waals surface area (Å²) in [6.45, 7) is 1.56. The lowest BCUT2D eigenvalue weighted by Gasteiger charge is -2.06. The number of rotatable bonds is 4. The van der Waals surface area contributed by atoms with Crippen LogP contribution in [0, 0.1) is 11.3 Å². The highest BCUT2D eigenvalue weighted by molar-refractivity contribution is 7.86. The van der Waals surface area contributed by atoms with E-state index in [0.29, 0.717) is 22.6 Å². The Kier molecular flexibility index (Phi) is 3.88. The maximum absolute atomic E-state index is 11.1. The van der Waals surface area contributed by atoms with E-state index in [-0.39, 0.29) is 0 Å². The van der Waals surface area contributed by atoms with Gasteiger partial charge in [-0.25, -0.2) is 0 Å². The fraction of sp³-hybridized carbons (Fsp3) is 0.231. The van der Waals surface area contributed by atoms with Gasteiger partial charge in [0.1, 0.15) is 11.8 Å². The summed E-state index contributed by atoms with van der Waals surface area (Å²) >= 11 is 0. The molecular weight excluding hydrogens is 280 g/mol. The van der Waals surface area contributed by atoms with Crippen molar-refractivity contribution in [3.63, 3.8) is 0 Å². The first-order valence-electron chi connectivity index (χ1n) is 5.74. The Labute approximate surface area is 116 Å². The summed E-state index contributed by atoms with van der Waals surface area (Å²) in [5, 5.41) is 12.6. The minimum atomic E-state index is -3.56. The Morgan fingerprint density at radius 3 is 2.80 bits per heavy atom. The third-order valence-electron chi connectivity index (χ3n) is 2.54. The van der Waals surface area contributed by atoms with Crippen molar-refractivity contribution in [1.82, 2.24) is 5.16 Å². The van der Waals surface area contributed by atoms with Crippen molar-refractivity contribution in [1.29, 1.82) is 5.26 Å². The normalized spacial score (nSPS) is 12.8. The maximum Gasteiger partial charge on any atom is 0.265 e. The van der Waals surface area contributed by atoms with Crippen molar-refractivity contribution in [3.05, 3.63) is 41.6 Å². The Bertz CT molecular complexity index is 759. The van der Waals surface area contributed by atoms with E-state index >= 15 is 0 Å². The van der Waals surface area contributed by atoms with Crippen LogP contribution >= 0.6 is 0 Å². The molecular formula is C13H12N2O4S. The number of benzene rings is 1. The summed E-state index contributed by atoms with van der Waals surface area (Å²) in [6, 6.07) is 10.5. The largest absolute Gasteiger partial charge is 0.356 e. The Hall–Kier alpha value is -2.17. The fourth-order valence-corrected chi connectivity index (χ4v) is 2.29. The van der Waals surface area contributed by atoms with E-state index in [4.69, 9.17) is 14.0 Å². The first-order chi connectivity index (χ1) is 9.39. The van der Waals surface area contributed by atoms with Crippen LogP contribution in [-0.4, -0.2) is 19.8 Å². The number of nitriles is 1. The van der Waals surface area contributed by atoms with E-state index in [1.54, 1.807) is 37.3 Å². The van der Waals surface area contributed by atoms with Crippen LogP contribution in [0.5, 0.6) is 0 Å². The van der Waals surface area contributed by atoms with Crippen molar-refractivity contribution in [2.24, 2.45) is 0 Å². The van der Waals surface area contributed by atoms with Crippen LogP contribution < -0.4 is 0 Å². The molecule has 1 unspecified atom stereocenters. The van der Waals surface area contributed by atoms with Gasteiger partial charge in [-0.05, 0) is 19.1 Å². The van der Waals surface area contributed by atoms with Crippen molar-refractivity contribution < 1.29 is 17.1 Å². The molecule has 2 rings (SSSR count). The fourth-order valence-electron chi connectivity index (χ4n) is 1.67. The molecule has 6 nitrogen and oxygen atoms in total. The number of aromatic nitrogens is 1. The van der Waals surface area contributed by atoms with Crippen molar-refractivity contribution in [2.75, 3.05) is 6.26 Å². The SMILES string of the molecule is CC(OS(C)(=O)=O)c1cc(-c2cccc(C#N)c2)on1. The van der Waals surface area contributed by atoms with Gasteiger partial charge in [0.05, 0.1) is 17.9 Å². The highest BCUT2D eigenvalue weighted by atomic mass is 32.2.